The van der Waals surface area contributed by atoms with Crippen LogP contribution in [0.15, 0.2) is 121 Å². The molecule has 0 unspecified atom stereocenters. The first-order valence-electron chi connectivity index (χ1n) is 9.31. The third kappa shape index (κ3) is 2.83. The van der Waals surface area contributed by atoms with Crippen LogP contribution in [-0.4, -0.2) is 5.11 Å². The van der Waals surface area contributed by atoms with Crippen LogP contribution in [0.5, 0.6) is 0 Å². The summed E-state index contributed by atoms with van der Waals surface area (Å²) in [6, 6.07) is 35.9. The van der Waals surface area contributed by atoms with Gasteiger partial charge in [-0.1, -0.05) is 121 Å². The minimum atomic E-state index is -2.20. The van der Waals surface area contributed by atoms with Gasteiger partial charge in [0.25, 0.3) is 0 Å². The van der Waals surface area contributed by atoms with Gasteiger partial charge in [-0.05, 0) is 22.3 Å². The van der Waals surface area contributed by atoms with Gasteiger partial charge in [-0.15, -0.1) is 0 Å². The zero-order chi connectivity index (χ0) is 19.5. The molecule has 28 heavy (non-hydrogen) atoms. The topological polar surface area (TPSA) is 20.2 Å². The molecule has 4 aromatic carbocycles. The average Bonchev–Trinajstić information content (AvgIpc) is 2.80. The van der Waals surface area contributed by atoms with E-state index in [1.807, 2.05) is 48.5 Å². The third-order valence-corrected chi connectivity index (χ3v) is 5.22. The van der Waals surface area contributed by atoms with Gasteiger partial charge in [0.2, 0.25) is 0 Å². The Hall–Kier alpha value is -3.23. The number of benzene rings is 4. The lowest BCUT2D eigenvalue weighted by atomic mass is 9.67. The number of halogens is 1. The smallest absolute Gasteiger partial charge is 0.197 e. The minimum Gasteiger partial charge on any atom is -0.376 e. The van der Waals surface area contributed by atoms with E-state index in [2.05, 4.69) is 0 Å². The summed E-state index contributed by atoms with van der Waals surface area (Å²) in [5.41, 5.74) is -2.32. The van der Waals surface area contributed by atoms with Gasteiger partial charge in [-0.2, -0.15) is 0 Å². The Morgan fingerprint density at radius 2 is 0.679 bits per heavy atom. The summed E-state index contributed by atoms with van der Waals surface area (Å²) in [7, 11) is 0. The van der Waals surface area contributed by atoms with Crippen molar-refractivity contribution in [2.75, 3.05) is 0 Å². The maximum Gasteiger partial charge on any atom is 0.197 e. The van der Waals surface area contributed by atoms with Crippen molar-refractivity contribution in [1.29, 1.82) is 0 Å². The van der Waals surface area contributed by atoms with E-state index in [0.717, 1.165) is 0 Å². The standard InChI is InChI=1S/C26H21FO/c27-25(21-13-5-1-6-14-21,22-15-7-2-8-16-22)26(28,23-17-9-3-10-18-23)24-19-11-4-12-20-24/h1-20,28H. The molecule has 2 heteroatoms. The fourth-order valence-electron chi connectivity index (χ4n) is 3.84. The predicted molar refractivity (Wildman–Crippen MR) is 111 cm³/mol. The summed E-state index contributed by atoms with van der Waals surface area (Å²) < 4.78 is 17.4. The summed E-state index contributed by atoms with van der Waals surface area (Å²) in [6.07, 6.45) is 0. The molecule has 0 amide bonds. The van der Waals surface area contributed by atoms with E-state index in [1.165, 1.54) is 0 Å². The molecular formula is C26H21FO. The molecule has 4 aromatic rings. The van der Waals surface area contributed by atoms with Crippen LogP contribution >= 0.6 is 0 Å². The molecule has 0 aromatic heterocycles. The first-order chi connectivity index (χ1) is 13.7. The number of hydrogen-bond donors (Lipinski definition) is 1. The van der Waals surface area contributed by atoms with Gasteiger partial charge in [0, 0.05) is 0 Å². The highest BCUT2D eigenvalue weighted by molar-refractivity contribution is 5.50. The van der Waals surface area contributed by atoms with Crippen molar-refractivity contribution in [3.8, 4) is 0 Å². The maximum atomic E-state index is 17.4. The SMILES string of the molecule is OC(c1ccccc1)(c1ccccc1)C(F)(c1ccccc1)c1ccccc1. The monoisotopic (exact) mass is 368 g/mol. The van der Waals surface area contributed by atoms with Crippen LogP contribution in [0.4, 0.5) is 4.39 Å². The number of rotatable bonds is 5. The molecule has 0 bridgehead atoms. The van der Waals surface area contributed by atoms with E-state index in [-0.39, 0.29) is 0 Å². The van der Waals surface area contributed by atoms with Crippen molar-refractivity contribution in [1.82, 2.24) is 0 Å². The van der Waals surface area contributed by atoms with Gasteiger partial charge in [0.15, 0.2) is 11.3 Å². The fourth-order valence-corrected chi connectivity index (χ4v) is 3.84. The Bertz CT molecular complexity index is 849. The quantitative estimate of drug-likeness (QED) is 0.469. The van der Waals surface area contributed by atoms with Crippen LogP contribution in [-0.2, 0) is 11.3 Å². The second-order valence-electron chi connectivity index (χ2n) is 6.83. The molecule has 0 spiro atoms. The van der Waals surface area contributed by atoms with Crippen LogP contribution in [0, 0.1) is 0 Å². The molecule has 1 nitrogen and oxygen atoms in total. The normalized spacial score (nSPS) is 11.9. The Morgan fingerprint density at radius 1 is 0.429 bits per heavy atom. The van der Waals surface area contributed by atoms with Crippen LogP contribution in [0.25, 0.3) is 0 Å². The molecule has 0 atom stereocenters. The zero-order valence-electron chi connectivity index (χ0n) is 15.4. The molecule has 0 heterocycles. The van der Waals surface area contributed by atoms with Crippen molar-refractivity contribution in [3.05, 3.63) is 144 Å². The van der Waals surface area contributed by atoms with Crippen LogP contribution in [0.2, 0.25) is 0 Å². The van der Waals surface area contributed by atoms with E-state index in [1.54, 1.807) is 72.8 Å². The van der Waals surface area contributed by atoms with Gasteiger partial charge < -0.3 is 5.11 Å². The summed E-state index contributed by atoms with van der Waals surface area (Å²) >= 11 is 0. The first kappa shape index (κ1) is 18.1. The van der Waals surface area contributed by atoms with Crippen molar-refractivity contribution >= 4 is 0 Å². The van der Waals surface area contributed by atoms with Crippen LogP contribution < -0.4 is 0 Å². The van der Waals surface area contributed by atoms with Gasteiger partial charge in [-0.25, -0.2) is 4.39 Å². The Balaban J connectivity index is 2.09. The van der Waals surface area contributed by atoms with Crippen molar-refractivity contribution in [3.63, 3.8) is 0 Å². The molecule has 0 aliphatic carbocycles. The molecule has 0 aliphatic rings. The van der Waals surface area contributed by atoms with E-state index in [9.17, 15) is 5.11 Å². The fraction of sp³-hybridized carbons (Fsp3) is 0.0769. The number of alkyl halides is 1. The van der Waals surface area contributed by atoms with E-state index >= 15 is 4.39 Å². The zero-order valence-corrected chi connectivity index (χ0v) is 15.4. The molecule has 0 aliphatic heterocycles. The summed E-state index contributed by atoms with van der Waals surface area (Å²) in [5.74, 6) is 0. The highest BCUT2D eigenvalue weighted by atomic mass is 19.1. The molecule has 0 saturated heterocycles. The summed E-state index contributed by atoms with van der Waals surface area (Å²) in [4.78, 5) is 0. The van der Waals surface area contributed by atoms with Crippen LogP contribution in [0.3, 0.4) is 0 Å². The Kier molecular flexibility index (Phi) is 4.81. The highest BCUT2D eigenvalue weighted by Crippen LogP contribution is 2.52. The molecule has 0 radical (unpaired) electrons. The average molecular weight is 368 g/mol. The lowest BCUT2D eigenvalue weighted by Gasteiger charge is -2.43. The molecule has 1 N–H and O–H groups in total. The van der Waals surface area contributed by atoms with Gasteiger partial charge in [0.1, 0.15) is 0 Å². The maximum absolute atomic E-state index is 17.4. The van der Waals surface area contributed by atoms with Gasteiger partial charge in [-0.3, -0.25) is 0 Å². The number of hydrogen-bond acceptors (Lipinski definition) is 1. The van der Waals surface area contributed by atoms with E-state index in [0.29, 0.717) is 22.3 Å². The Labute approximate surface area is 164 Å². The molecule has 0 saturated carbocycles. The predicted octanol–water partition coefficient (Wildman–Crippen LogP) is 5.84. The second-order valence-corrected chi connectivity index (χ2v) is 6.83. The van der Waals surface area contributed by atoms with Crippen molar-refractivity contribution in [2.24, 2.45) is 0 Å². The first-order valence-corrected chi connectivity index (χ1v) is 9.31. The second kappa shape index (κ2) is 7.41. The van der Waals surface area contributed by atoms with Crippen molar-refractivity contribution in [2.45, 2.75) is 11.3 Å². The summed E-state index contributed by atoms with van der Waals surface area (Å²) in [6.45, 7) is 0. The molecular weight excluding hydrogens is 347 g/mol. The minimum absolute atomic E-state index is 0.399. The Morgan fingerprint density at radius 3 is 0.964 bits per heavy atom. The van der Waals surface area contributed by atoms with Crippen molar-refractivity contribution < 1.29 is 9.50 Å². The lowest BCUT2D eigenvalue weighted by molar-refractivity contribution is -0.0599. The van der Waals surface area contributed by atoms with Gasteiger partial charge >= 0.3 is 0 Å². The lowest BCUT2D eigenvalue weighted by Crippen LogP contribution is -2.48. The van der Waals surface area contributed by atoms with Gasteiger partial charge in [0.05, 0.1) is 0 Å². The van der Waals surface area contributed by atoms with E-state index < -0.39 is 11.3 Å². The summed E-state index contributed by atoms with van der Waals surface area (Å²) in [5, 5.41) is 12.2. The third-order valence-electron chi connectivity index (χ3n) is 5.22. The molecule has 0 fully saturated rings. The van der Waals surface area contributed by atoms with E-state index in [4.69, 9.17) is 0 Å². The number of aliphatic hydroxyl groups is 1. The largest absolute Gasteiger partial charge is 0.376 e. The molecule has 138 valence electrons. The van der Waals surface area contributed by atoms with Crippen LogP contribution in [0.1, 0.15) is 22.3 Å². The molecule has 4 rings (SSSR count). The highest BCUT2D eigenvalue weighted by Gasteiger charge is 2.56.